The first kappa shape index (κ1) is 14.6. The van der Waals surface area contributed by atoms with E-state index in [0.29, 0.717) is 18.0 Å². The molecule has 0 radical (unpaired) electrons. The zero-order valence-electron chi connectivity index (χ0n) is 11.9. The monoisotopic (exact) mass is 252 g/mol. The SMILES string of the molecule is CC(C)Oc1cccc(N(C)CC(C)(C)O)c1N. The van der Waals surface area contributed by atoms with Crippen LogP contribution in [0.15, 0.2) is 18.2 Å². The van der Waals surface area contributed by atoms with Crippen molar-refractivity contribution in [3.8, 4) is 5.75 Å². The van der Waals surface area contributed by atoms with Gasteiger partial charge in [-0.25, -0.2) is 0 Å². The first-order valence-corrected chi connectivity index (χ1v) is 6.19. The molecule has 1 aromatic rings. The van der Waals surface area contributed by atoms with Crippen molar-refractivity contribution >= 4 is 11.4 Å². The number of hydrogen-bond donors (Lipinski definition) is 2. The van der Waals surface area contributed by atoms with Gasteiger partial charge in [0.05, 0.1) is 23.1 Å². The Morgan fingerprint density at radius 3 is 2.50 bits per heavy atom. The van der Waals surface area contributed by atoms with Crippen molar-refractivity contribution in [1.29, 1.82) is 0 Å². The van der Waals surface area contributed by atoms with Gasteiger partial charge in [0.2, 0.25) is 0 Å². The Morgan fingerprint density at radius 2 is 2.00 bits per heavy atom. The maximum absolute atomic E-state index is 9.84. The zero-order valence-corrected chi connectivity index (χ0v) is 11.9. The van der Waals surface area contributed by atoms with E-state index >= 15 is 0 Å². The Kier molecular flexibility index (Phi) is 4.46. The van der Waals surface area contributed by atoms with Crippen LogP contribution in [0, 0.1) is 0 Å². The number of para-hydroxylation sites is 1. The van der Waals surface area contributed by atoms with Crippen LogP contribution in [-0.4, -0.2) is 30.4 Å². The average molecular weight is 252 g/mol. The van der Waals surface area contributed by atoms with E-state index in [2.05, 4.69) is 0 Å². The number of aliphatic hydroxyl groups is 1. The van der Waals surface area contributed by atoms with Crippen LogP contribution in [0.1, 0.15) is 27.7 Å². The fourth-order valence-corrected chi connectivity index (χ4v) is 1.89. The summed E-state index contributed by atoms with van der Waals surface area (Å²) in [5, 5.41) is 9.84. The molecule has 0 aliphatic rings. The van der Waals surface area contributed by atoms with Gasteiger partial charge in [0.15, 0.2) is 0 Å². The van der Waals surface area contributed by atoms with Crippen LogP contribution in [0.2, 0.25) is 0 Å². The highest BCUT2D eigenvalue weighted by Crippen LogP contribution is 2.32. The van der Waals surface area contributed by atoms with E-state index in [1.54, 1.807) is 13.8 Å². The van der Waals surface area contributed by atoms with E-state index < -0.39 is 5.60 Å². The number of nitrogens with two attached hydrogens (primary N) is 1. The van der Waals surface area contributed by atoms with Crippen LogP contribution in [0.3, 0.4) is 0 Å². The van der Waals surface area contributed by atoms with Crippen molar-refractivity contribution < 1.29 is 9.84 Å². The molecule has 18 heavy (non-hydrogen) atoms. The molecule has 1 aromatic carbocycles. The van der Waals surface area contributed by atoms with E-state index in [0.717, 1.165) is 5.69 Å². The van der Waals surface area contributed by atoms with Gasteiger partial charge in [-0.3, -0.25) is 0 Å². The second-order valence-corrected chi connectivity index (χ2v) is 5.52. The lowest BCUT2D eigenvalue weighted by Gasteiger charge is -2.28. The lowest BCUT2D eigenvalue weighted by Crippen LogP contribution is -2.36. The molecule has 0 saturated heterocycles. The van der Waals surface area contributed by atoms with E-state index in [-0.39, 0.29) is 6.10 Å². The first-order chi connectivity index (χ1) is 8.20. The molecule has 0 aliphatic carbocycles. The molecule has 0 aromatic heterocycles. The van der Waals surface area contributed by atoms with Gasteiger partial charge in [-0.2, -0.15) is 0 Å². The smallest absolute Gasteiger partial charge is 0.144 e. The van der Waals surface area contributed by atoms with Gasteiger partial charge in [-0.15, -0.1) is 0 Å². The maximum Gasteiger partial charge on any atom is 0.144 e. The summed E-state index contributed by atoms with van der Waals surface area (Å²) in [6.07, 6.45) is 0.0853. The van der Waals surface area contributed by atoms with Crippen LogP contribution >= 0.6 is 0 Å². The molecule has 1 rings (SSSR count). The molecule has 0 fully saturated rings. The maximum atomic E-state index is 9.84. The van der Waals surface area contributed by atoms with Gasteiger partial charge < -0.3 is 20.5 Å². The standard InChI is InChI=1S/C14H24N2O2/c1-10(2)18-12-8-6-7-11(13(12)15)16(5)9-14(3,4)17/h6-8,10,17H,9,15H2,1-5H3. The average Bonchev–Trinajstić information content (AvgIpc) is 2.17. The Bertz CT molecular complexity index is 397. The molecule has 4 heteroatoms. The van der Waals surface area contributed by atoms with E-state index in [4.69, 9.17) is 10.5 Å². The van der Waals surface area contributed by atoms with Crippen molar-refractivity contribution in [2.24, 2.45) is 0 Å². The summed E-state index contributed by atoms with van der Waals surface area (Å²) in [5.74, 6) is 0.685. The normalized spacial score (nSPS) is 11.7. The fourth-order valence-electron chi connectivity index (χ4n) is 1.89. The molecular weight excluding hydrogens is 228 g/mol. The lowest BCUT2D eigenvalue weighted by molar-refractivity contribution is 0.0886. The van der Waals surface area contributed by atoms with Crippen LogP contribution in [-0.2, 0) is 0 Å². The minimum absolute atomic E-state index is 0.0853. The molecule has 0 atom stereocenters. The van der Waals surface area contributed by atoms with Crippen LogP contribution in [0.4, 0.5) is 11.4 Å². The minimum Gasteiger partial charge on any atom is -0.489 e. The molecular formula is C14H24N2O2. The van der Waals surface area contributed by atoms with Crippen molar-refractivity contribution in [3.05, 3.63) is 18.2 Å². The Labute approximate surface area is 109 Å². The highest BCUT2D eigenvalue weighted by molar-refractivity contribution is 5.73. The molecule has 4 nitrogen and oxygen atoms in total. The molecule has 102 valence electrons. The number of likely N-dealkylation sites (N-methyl/N-ethyl adjacent to an activating group) is 1. The molecule has 0 amide bonds. The van der Waals surface area contributed by atoms with Crippen molar-refractivity contribution in [3.63, 3.8) is 0 Å². The number of ether oxygens (including phenoxy) is 1. The van der Waals surface area contributed by atoms with E-state index in [1.165, 1.54) is 0 Å². The highest BCUT2D eigenvalue weighted by Gasteiger charge is 2.18. The van der Waals surface area contributed by atoms with Gasteiger partial charge in [0.1, 0.15) is 5.75 Å². The van der Waals surface area contributed by atoms with E-state index in [1.807, 2.05) is 44.0 Å². The molecule has 0 bridgehead atoms. The summed E-state index contributed by atoms with van der Waals surface area (Å²) in [6, 6.07) is 5.69. The molecule has 0 heterocycles. The third kappa shape index (κ3) is 4.11. The number of nitrogens with zero attached hydrogens (tertiary/aromatic N) is 1. The van der Waals surface area contributed by atoms with Gasteiger partial charge in [-0.1, -0.05) is 6.07 Å². The summed E-state index contributed by atoms with van der Waals surface area (Å²) < 4.78 is 5.65. The van der Waals surface area contributed by atoms with Gasteiger partial charge in [0, 0.05) is 13.6 Å². The highest BCUT2D eigenvalue weighted by atomic mass is 16.5. The third-order valence-electron chi connectivity index (χ3n) is 2.44. The van der Waals surface area contributed by atoms with Crippen molar-refractivity contribution in [1.82, 2.24) is 0 Å². The quantitative estimate of drug-likeness (QED) is 0.789. The zero-order chi connectivity index (χ0) is 13.9. The molecule has 0 spiro atoms. The predicted octanol–water partition coefficient (Wildman–Crippen LogP) is 2.26. The van der Waals surface area contributed by atoms with E-state index in [9.17, 15) is 5.11 Å². The number of rotatable bonds is 5. The second kappa shape index (κ2) is 5.48. The fraction of sp³-hybridized carbons (Fsp3) is 0.571. The van der Waals surface area contributed by atoms with Crippen molar-refractivity contribution in [2.75, 3.05) is 24.2 Å². The van der Waals surface area contributed by atoms with Gasteiger partial charge in [-0.05, 0) is 39.8 Å². The number of anilines is 2. The first-order valence-electron chi connectivity index (χ1n) is 6.19. The molecule has 0 unspecified atom stereocenters. The minimum atomic E-state index is -0.768. The van der Waals surface area contributed by atoms with Gasteiger partial charge >= 0.3 is 0 Å². The van der Waals surface area contributed by atoms with Gasteiger partial charge in [0.25, 0.3) is 0 Å². The van der Waals surface area contributed by atoms with Crippen LogP contribution < -0.4 is 15.4 Å². The topological polar surface area (TPSA) is 58.7 Å². The summed E-state index contributed by atoms with van der Waals surface area (Å²) >= 11 is 0. The third-order valence-corrected chi connectivity index (χ3v) is 2.44. The Balaban J connectivity index is 2.96. The molecule has 0 saturated carbocycles. The van der Waals surface area contributed by atoms with Crippen molar-refractivity contribution in [2.45, 2.75) is 39.4 Å². The predicted molar refractivity (Wildman–Crippen MR) is 76.2 cm³/mol. The molecule has 3 N–H and O–H groups in total. The van der Waals surface area contributed by atoms with Crippen LogP contribution in [0.5, 0.6) is 5.75 Å². The summed E-state index contributed by atoms with van der Waals surface area (Å²) in [7, 11) is 1.91. The summed E-state index contributed by atoms with van der Waals surface area (Å²) in [4.78, 5) is 1.93. The summed E-state index contributed by atoms with van der Waals surface area (Å²) in [6.45, 7) is 7.98. The largest absolute Gasteiger partial charge is 0.489 e. The number of hydrogen-bond acceptors (Lipinski definition) is 4. The number of benzene rings is 1. The lowest BCUT2D eigenvalue weighted by atomic mass is 10.1. The second-order valence-electron chi connectivity index (χ2n) is 5.52. The summed E-state index contributed by atoms with van der Waals surface area (Å²) in [5.41, 5.74) is 6.82. The molecule has 0 aliphatic heterocycles. The Morgan fingerprint density at radius 1 is 1.39 bits per heavy atom. The number of nitrogen functional groups attached to an aromatic ring is 1. The van der Waals surface area contributed by atoms with Crippen LogP contribution in [0.25, 0.3) is 0 Å². The Hall–Kier alpha value is -1.42.